The van der Waals surface area contributed by atoms with Gasteiger partial charge in [0, 0.05) is 12.1 Å². The summed E-state index contributed by atoms with van der Waals surface area (Å²) in [5, 5.41) is 0. The molecule has 0 aliphatic rings. The predicted molar refractivity (Wildman–Crippen MR) is 81.3 cm³/mol. The van der Waals surface area contributed by atoms with Gasteiger partial charge in [-0.05, 0) is 41.1 Å². The first-order valence-electron chi connectivity index (χ1n) is 5.86. The quantitative estimate of drug-likeness (QED) is 0.878. The van der Waals surface area contributed by atoms with Crippen LogP contribution >= 0.6 is 15.9 Å². The van der Waals surface area contributed by atoms with Crippen LogP contribution in [0.2, 0.25) is 0 Å². The number of nitrogen functional groups attached to an aromatic ring is 1. The molecule has 0 radical (unpaired) electrons. The first-order valence-corrected chi connectivity index (χ1v) is 6.65. The summed E-state index contributed by atoms with van der Waals surface area (Å²) in [5.74, 6) is 2.30. The van der Waals surface area contributed by atoms with E-state index in [9.17, 15) is 0 Å². The van der Waals surface area contributed by atoms with Gasteiger partial charge in [-0.1, -0.05) is 6.08 Å². The second-order valence-electron chi connectivity index (χ2n) is 4.14. The molecule has 1 aromatic carbocycles. The van der Waals surface area contributed by atoms with Crippen molar-refractivity contribution in [1.29, 1.82) is 0 Å². The van der Waals surface area contributed by atoms with Gasteiger partial charge in [-0.3, -0.25) is 0 Å². The van der Waals surface area contributed by atoms with E-state index in [1.165, 1.54) is 0 Å². The third-order valence-electron chi connectivity index (χ3n) is 2.93. The standard InChI is InChI=1S/C14H16BrN3O/c1-4-7-18-9(2)17-13(14(18)16)10-5-6-12(19-3)11(15)8-10/h4-6,8H,1,7,16H2,2-3H3. The molecule has 0 amide bonds. The molecule has 0 unspecified atom stereocenters. The fourth-order valence-corrected chi connectivity index (χ4v) is 2.51. The summed E-state index contributed by atoms with van der Waals surface area (Å²) < 4.78 is 8.03. The Kier molecular flexibility index (Phi) is 3.95. The second kappa shape index (κ2) is 5.48. The molecule has 0 aliphatic heterocycles. The molecule has 19 heavy (non-hydrogen) atoms. The highest BCUT2D eigenvalue weighted by Gasteiger charge is 2.14. The number of aromatic nitrogens is 2. The summed E-state index contributed by atoms with van der Waals surface area (Å²) in [6.45, 7) is 6.32. The Bertz CT molecular complexity index is 619. The Morgan fingerprint density at radius 3 is 2.84 bits per heavy atom. The summed E-state index contributed by atoms with van der Waals surface area (Å²) in [7, 11) is 1.64. The summed E-state index contributed by atoms with van der Waals surface area (Å²) in [6.07, 6.45) is 1.80. The lowest BCUT2D eigenvalue weighted by Crippen LogP contribution is -2.03. The molecular weight excluding hydrogens is 306 g/mol. The van der Waals surface area contributed by atoms with Crippen molar-refractivity contribution in [2.24, 2.45) is 0 Å². The lowest BCUT2D eigenvalue weighted by Gasteiger charge is -2.06. The molecule has 2 rings (SSSR count). The summed E-state index contributed by atoms with van der Waals surface area (Å²) in [5.41, 5.74) is 7.88. The van der Waals surface area contributed by atoms with E-state index >= 15 is 0 Å². The van der Waals surface area contributed by atoms with Crippen LogP contribution in [-0.4, -0.2) is 16.7 Å². The van der Waals surface area contributed by atoms with Crippen LogP contribution in [0.1, 0.15) is 5.82 Å². The topological polar surface area (TPSA) is 53.1 Å². The Morgan fingerprint density at radius 2 is 2.26 bits per heavy atom. The monoisotopic (exact) mass is 321 g/mol. The molecule has 0 saturated heterocycles. The number of halogens is 1. The molecule has 1 aromatic heterocycles. The number of hydrogen-bond donors (Lipinski definition) is 1. The van der Waals surface area contributed by atoms with E-state index in [2.05, 4.69) is 27.5 Å². The van der Waals surface area contributed by atoms with E-state index in [4.69, 9.17) is 10.5 Å². The highest BCUT2D eigenvalue weighted by molar-refractivity contribution is 9.10. The second-order valence-corrected chi connectivity index (χ2v) is 5.00. The summed E-state index contributed by atoms with van der Waals surface area (Å²) in [6, 6.07) is 5.79. The van der Waals surface area contributed by atoms with E-state index < -0.39 is 0 Å². The lowest BCUT2D eigenvalue weighted by atomic mass is 10.1. The number of anilines is 1. The van der Waals surface area contributed by atoms with Crippen LogP contribution in [0, 0.1) is 6.92 Å². The molecule has 0 fully saturated rings. The van der Waals surface area contributed by atoms with Crippen molar-refractivity contribution in [3.05, 3.63) is 41.2 Å². The number of benzene rings is 1. The number of allylic oxidation sites excluding steroid dienone is 1. The van der Waals surface area contributed by atoms with Crippen molar-refractivity contribution in [2.75, 3.05) is 12.8 Å². The molecule has 0 saturated carbocycles. The average molecular weight is 322 g/mol. The molecule has 100 valence electrons. The zero-order valence-electron chi connectivity index (χ0n) is 11.0. The van der Waals surface area contributed by atoms with Crippen LogP contribution in [0.25, 0.3) is 11.3 Å². The van der Waals surface area contributed by atoms with E-state index in [-0.39, 0.29) is 0 Å². The van der Waals surface area contributed by atoms with Gasteiger partial charge < -0.3 is 15.0 Å². The van der Waals surface area contributed by atoms with Crippen molar-refractivity contribution < 1.29 is 4.74 Å². The SMILES string of the molecule is C=CCn1c(C)nc(-c2ccc(OC)c(Br)c2)c1N. The fraction of sp³-hybridized carbons (Fsp3) is 0.214. The molecule has 2 N–H and O–H groups in total. The largest absolute Gasteiger partial charge is 0.496 e. The highest BCUT2D eigenvalue weighted by Crippen LogP contribution is 2.32. The molecule has 0 aliphatic carbocycles. The Labute approximate surface area is 121 Å². The van der Waals surface area contributed by atoms with Crippen molar-refractivity contribution in [2.45, 2.75) is 13.5 Å². The van der Waals surface area contributed by atoms with E-state index in [1.807, 2.05) is 29.7 Å². The Hall–Kier alpha value is -1.75. The highest BCUT2D eigenvalue weighted by atomic mass is 79.9. The van der Waals surface area contributed by atoms with Gasteiger partial charge in [0.1, 0.15) is 23.1 Å². The van der Waals surface area contributed by atoms with Gasteiger partial charge >= 0.3 is 0 Å². The van der Waals surface area contributed by atoms with Crippen LogP contribution in [0.5, 0.6) is 5.75 Å². The molecule has 0 bridgehead atoms. The summed E-state index contributed by atoms with van der Waals surface area (Å²) >= 11 is 3.47. The van der Waals surface area contributed by atoms with Crippen molar-refractivity contribution in [1.82, 2.24) is 9.55 Å². The van der Waals surface area contributed by atoms with Crippen LogP contribution in [0.15, 0.2) is 35.3 Å². The van der Waals surface area contributed by atoms with E-state index in [1.54, 1.807) is 13.2 Å². The van der Waals surface area contributed by atoms with Crippen LogP contribution in [0.4, 0.5) is 5.82 Å². The molecular formula is C14H16BrN3O. The van der Waals surface area contributed by atoms with E-state index in [0.717, 1.165) is 27.3 Å². The maximum atomic E-state index is 6.15. The van der Waals surface area contributed by atoms with E-state index in [0.29, 0.717) is 12.4 Å². The normalized spacial score (nSPS) is 10.5. The Balaban J connectivity index is 2.50. The molecule has 0 atom stereocenters. The van der Waals surface area contributed by atoms with Gasteiger partial charge in [0.2, 0.25) is 0 Å². The molecule has 4 nitrogen and oxygen atoms in total. The van der Waals surface area contributed by atoms with Gasteiger partial charge in [-0.25, -0.2) is 4.98 Å². The number of ether oxygens (including phenoxy) is 1. The number of imidazole rings is 1. The predicted octanol–water partition coefficient (Wildman–Crippen LogP) is 3.40. The molecule has 0 spiro atoms. The Morgan fingerprint density at radius 1 is 1.53 bits per heavy atom. The van der Waals surface area contributed by atoms with Crippen molar-refractivity contribution in [3.63, 3.8) is 0 Å². The van der Waals surface area contributed by atoms with Crippen LogP contribution < -0.4 is 10.5 Å². The van der Waals surface area contributed by atoms with Gasteiger partial charge in [0.15, 0.2) is 0 Å². The maximum absolute atomic E-state index is 6.15. The maximum Gasteiger partial charge on any atom is 0.133 e. The fourth-order valence-electron chi connectivity index (χ4n) is 1.97. The van der Waals surface area contributed by atoms with Crippen molar-refractivity contribution in [3.8, 4) is 17.0 Å². The van der Waals surface area contributed by atoms with Crippen LogP contribution in [-0.2, 0) is 6.54 Å². The smallest absolute Gasteiger partial charge is 0.133 e. The minimum absolute atomic E-state index is 0.648. The first kappa shape index (κ1) is 13.7. The van der Waals surface area contributed by atoms with Crippen LogP contribution in [0.3, 0.4) is 0 Å². The number of rotatable bonds is 4. The van der Waals surface area contributed by atoms with Crippen molar-refractivity contribution >= 4 is 21.7 Å². The third kappa shape index (κ3) is 2.51. The average Bonchev–Trinajstić information content (AvgIpc) is 2.67. The number of nitrogens with zero attached hydrogens (tertiary/aromatic N) is 2. The number of hydrogen-bond acceptors (Lipinski definition) is 3. The minimum Gasteiger partial charge on any atom is -0.496 e. The zero-order chi connectivity index (χ0) is 14.0. The molecule has 1 heterocycles. The minimum atomic E-state index is 0.648. The third-order valence-corrected chi connectivity index (χ3v) is 3.55. The molecule has 2 aromatic rings. The van der Waals surface area contributed by atoms with Gasteiger partial charge in [-0.15, -0.1) is 6.58 Å². The van der Waals surface area contributed by atoms with Gasteiger partial charge in [0.05, 0.1) is 11.6 Å². The molecule has 5 heteroatoms. The zero-order valence-corrected chi connectivity index (χ0v) is 12.6. The number of aryl methyl sites for hydroxylation is 1. The first-order chi connectivity index (χ1) is 9.08. The van der Waals surface area contributed by atoms with Gasteiger partial charge in [0.25, 0.3) is 0 Å². The number of methoxy groups -OCH3 is 1. The lowest BCUT2D eigenvalue weighted by molar-refractivity contribution is 0.412. The van der Waals surface area contributed by atoms with Gasteiger partial charge in [-0.2, -0.15) is 0 Å². The number of nitrogens with two attached hydrogens (primary N) is 1. The summed E-state index contributed by atoms with van der Waals surface area (Å²) in [4.78, 5) is 4.52.